The van der Waals surface area contributed by atoms with E-state index in [9.17, 15) is 25.9 Å². The molecule has 0 amide bonds. The van der Waals surface area contributed by atoms with E-state index in [0.29, 0.717) is 0 Å². The maximum absolute atomic E-state index is 10.1. The molecule has 15 heavy (non-hydrogen) atoms. The fraction of sp³-hybridized carbons (Fsp3) is 1.00. The van der Waals surface area contributed by atoms with E-state index in [1.165, 1.54) is 0 Å². The van der Waals surface area contributed by atoms with Crippen LogP contribution in [-0.2, 0) is 20.2 Å². The predicted octanol–water partition coefficient (Wildman–Crippen LogP) is -7.82. The van der Waals surface area contributed by atoms with Crippen molar-refractivity contribution in [1.29, 1.82) is 0 Å². The number of hydrogen-bond acceptors (Lipinski definition) is 7. The van der Waals surface area contributed by atoms with E-state index in [0.717, 1.165) is 0 Å². The summed E-state index contributed by atoms with van der Waals surface area (Å²) in [5.41, 5.74) is -2.14. The molecule has 0 bridgehead atoms. The predicted molar refractivity (Wildman–Crippen MR) is 39.5 cm³/mol. The van der Waals surface area contributed by atoms with Crippen molar-refractivity contribution in [3.8, 4) is 0 Å². The Bertz CT molecular complexity index is 347. The van der Waals surface area contributed by atoms with Crippen molar-refractivity contribution in [2.45, 2.75) is 18.3 Å². The molecule has 1 N–H and O–H groups in total. The quantitative estimate of drug-likeness (QED) is 0.390. The van der Waals surface area contributed by atoms with Crippen LogP contribution >= 0.6 is 0 Å². The smallest absolute Gasteiger partial charge is 0.748 e. The van der Waals surface area contributed by atoms with Gasteiger partial charge in [-0.15, -0.1) is 0 Å². The molecule has 0 fully saturated rings. The third-order valence-electron chi connectivity index (χ3n) is 1.18. The summed E-state index contributed by atoms with van der Waals surface area (Å²) >= 11 is 0. The zero-order chi connectivity index (χ0) is 10.7. The van der Waals surface area contributed by atoms with Crippen LogP contribution in [0.3, 0.4) is 0 Å². The first kappa shape index (κ1) is 22.0. The van der Waals surface area contributed by atoms with E-state index in [1.807, 2.05) is 0 Å². The minimum atomic E-state index is -4.81. The van der Waals surface area contributed by atoms with Crippen molar-refractivity contribution in [3.05, 3.63) is 0 Å². The minimum absolute atomic E-state index is 0. The standard InChI is InChI=1S/C4H10O7S2.2Na/c5-4(13(9,10)11)2-1-3-12(6,7)8;;/h4-5H,1-3H2,(H,6,7,8)(H,9,10,11);;/q;2*+1/p-2. The maximum atomic E-state index is 10.1. The zero-order valence-electron chi connectivity index (χ0n) is 8.41. The first-order valence-corrected chi connectivity index (χ1v) is 6.24. The second kappa shape index (κ2) is 8.81. The molecule has 1 atom stereocenters. The van der Waals surface area contributed by atoms with Gasteiger partial charge in [-0.05, 0) is 12.8 Å². The molecule has 0 spiro atoms. The Labute approximate surface area is 133 Å². The summed E-state index contributed by atoms with van der Waals surface area (Å²) in [6.45, 7) is 0. The third-order valence-corrected chi connectivity index (χ3v) is 2.87. The van der Waals surface area contributed by atoms with Gasteiger partial charge in [-0.2, -0.15) is 0 Å². The average molecular weight is 278 g/mol. The molecule has 0 saturated heterocycles. The number of aliphatic hydroxyl groups is 1. The first-order chi connectivity index (χ1) is 5.63. The van der Waals surface area contributed by atoms with E-state index in [-0.39, 0.29) is 65.5 Å². The fourth-order valence-electron chi connectivity index (χ4n) is 0.579. The summed E-state index contributed by atoms with van der Waals surface area (Å²) in [5, 5.41) is 8.59. The molecule has 0 heterocycles. The molecule has 0 aliphatic carbocycles. The molecular formula is C4H8Na2O7S2. The normalized spacial score (nSPS) is 13.5. The van der Waals surface area contributed by atoms with Crippen molar-refractivity contribution in [2.24, 2.45) is 0 Å². The Morgan fingerprint density at radius 3 is 1.73 bits per heavy atom. The van der Waals surface area contributed by atoms with Gasteiger partial charge in [0.1, 0.15) is 15.6 Å². The van der Waals surface area contributed by atoms with Crippen molar-refractivity contribution in [1.82, 2.24) is 0 Å². The summed E-state index contributed by atoms with van der Waals surface area (Å²) in [6.07, 6.45) is -0.901. The van der Waals surface area contributed by atoms with Crippen LogP contribution in [0.4, 0.5) is 0 Å². The van der Waals surface area contributed by atoms with Gasteiger partial charge in [-0.3, -0.25) is 0 Å². The van der Waals surface area contributed by atoms with Crippen LogP contribution in [-0.4, -0.2) is 42.2 Å². The Morgan fingerprint density at radius 1 is 1.07 bits per heavy atom. The molecule has 1 unspecified atom stereocenters. The molecule has 0 aromatic carbocycles. The largest absolute Gasteiger partial charge is 1.00 e. The number of hydrogen-bond donors (Lipinski definition) is 1. The SMILES string of the molecule is O=S(=O)([O-])CCCC(O)S(=O)(=O)[O-].[Na+].[Na+]. The van der Waals surface area contributed by atoms with Crippen LogP contribution in [0.15, 0.2) is 0 Å². The van der Waals surface area contributed by atoms with Gasteiger partial charge in [-0.1, -0.05) is 0 Å². The molecule has 0 aliphatic rings. The first-order valence-electron chi connectivity index (χ1n) is 3.19. The zero-order valence-corrected chi connectivity index (χ0v) is 14.0. The summed E-state index contributed by atoms with van der Waals surface area (Å²) in [4.78, 5) is 0. The van der Waals surface area contributed by atoms with Gasteiger partial charge >= 0.3 is 59.1 Å². The molecule has 0 aliphatic heterocycles. The topological polar surface area (TPSA) is 135 Å². The number of rotatable bonds is 5. The van der Waals surface area contributed by atoms with E-state index >= 15 is 0 Å². The van der Waals surface area contributed by atoms with Crippen molar-refractivity contribution >= 4 is 20.2 Å². The molecule has 0 radical (unpaired) electrons. The summed E-state index contributed by atoms with van der Waals surface area (Å²) in [7, 11) is -9.24. The molecule has 11 heteroatoms. The van der Waals surface area contributed by atoms with Crippen molar-refractivity contribution in [2.75, 3.05) is 5.75 Å². The number of aliphatic hydroxyl groups excluding tert-OH is 1. The van der Waals surface area contributed by atoms with E-state index < -0.39 is 37.8 Å². The molecule has 0 saturated carbocycles. The Kier molecular flexibility index (Phi) is 12.9. The van der Waals surface area contributed by atoms with E-state index in [1.54, 1.807) is 0 Å². The van der Waals surface area contributed by atoms with Gasteiger partial charge in [0.15, 0.2) is 0 Å². The minimum Gasteiger partial charge on any atom is -0.748 e. The van der Waals surface area contributed by atoms with Crippen LogP contribution in [0.2, 0.25) is 0 Å². The van der Waals surface area contributed by atoms with Gasteiger partial charge in [0, 0.05) is 5.75 Å². The van der Waals surface area contributed by atoms with Crippen LogP contribution in [0.1, 0.15) is 12.8 Å². The van der Waals surface area contributed by atoms with E-state index in [4.69, 9.17) is 5.11 Å². The van der Waals surface area contributed by atoms with Gasteiger partial charge < -0.3 is 14.2 Å². The average Bonchev–Trinajstić information content (AvgIpc) is 1.82. The summed E-state index contributed by atoms with van der Waals surface area (Å²) in [5.74, 6) is -0.792. The van der Waals surface area contributed by atoms with Crippen molar-refractivity contribution in [3.63, 3.8) is 0 Å². The van der Waals surface area contributed by atoms with Crippen LogP contribution < -0.4 is 59.1 Å². The molecule has 0 aromatic rings. The van der Waals surface area contributed by atoms with Gasteiger partial charge in [0.25, 0.3) is 0 Å². The van der Waals surface area contributed by atoms with Gasteiger partial charge in [0.2, 0.25) is 0 Å². The third kappa shape index (κ3) is 13.7. The Balaban J connectivity index is -0.000000720. The molecule has 0 rings (SSSR count). The summed E-state index contributed by atoms with van der Waals surface area (Å²) < 4.78 is 60.2. The van der Waals surface area contributed by atoms with Gasteiger partial charge in [-0.25, -0.2) is 16.8 Å². The van der Waals surface area contributed by atoms with E-state index in [2.05, 4.69) is 0 Å². The molecule has 7 nitrogen and oxygen atoms in total. The van der Waals surface area contributed by atoms with Crippen LogP contribution in [0.25, 0.3) is 0 Å². The molecule has 80 valence electrons. The Hall–Kier alpha value is 1.78. The second-order valence-corrected chi connectivity index (χ2v) is 5.40. The molecular weight excluding hydrogens is 270 g/mol. The van der Waals surface area contributed by atoms with Gasteiger partial charge in [0.05, 0.1) is 10.1 Å². The monoisotopic (exact) mass is 278 g/mol. The maximum Gasteiger partial charge on any atom is 1.00 e. The summed E-state index contributed by atoms with van der Waals surface area (Å²) in [6, 6.07) is 0. The fourth-order valence-corrected chi connectivity index (χ4v) is 1.55. The second-order valence-electron chi connectivity index (χ2n) is 2.35. The van der Waals surface area contributed by atoms with Crippen LogP contribution in [0.5, 0.6) is 0 Å². The van der Waals surface area contributed by atoms with Crippen LogP contribution in [0, 0.1) is 0 Å². The molecule has 0 aromatic heterocycles. The Morgan fingerprint density at radius 2 is 1.47 bits per heavy atom. The van der Waals surface area contributed by atoms with Crippen molar-refractivity contribution < 1.29 is 90.2 Å².